The van der Waals surface area contributed by atoms with Gasteiger partial charge < -0.3 is 4.74 Å². The van der Waals surface area contributed by atoms with E-state index in [1.807, 2.05) is 0 Å². The Hall–Kier alpha value is -0.370. The Balaban J connectivity index is 2.37. The molecule has 0 aromatic carbocycles. The molecule has 2 heteroatoms. The quantitative estimate of drug-likeness (QED) is 0.671. The molecule has 1 rings (SSSR count). The van der Waals surface area contributed by atoms with Crippen molar-refractivity contribution in [2.24, 2.45) is 5.92 Å². The van der Waals surface area contributed by atoms with Crippen molar-refractivity contribution in [1.29, 1.82) is 0 Å². The van der Waals surface area contributed by atoms with Crippen LogP contribution in [0.3, 0.4) is 0 Å². The lowest BCUT2D eigenvalue weighted by molar-refractivity contribution is -0.125. The number of ketones is 1. The topological polar surface area (TPSA) is 26.3 Å². The molecule has 1 fully saturated rings. The van der Waals surface area contributed by atoms with Crippen molar-refractivity contribution in [3.05, 3.63) is 0 Å². The fourth-order valence-corrected chi connectivity index (χ4v) is 2.10. The molecule has 0 amide bonds. The van der Waals surface area contributed by atoms with Crippen molar-refractivity contribution >= 4 is 5.78 Å². The third-order valence-electron chi connectivity index (χ3n) is 2.91. The Kier molecular flexibility index (Phi) is 4.43. The maximum absolute atomic E-state index is 11.6. The molecule has 0 radical (unpaired) electrons. The SMILES string of the molecule is CCCC(=O)C1CCCC(OC)C1. The second-order valence-corrected chi connectivity index (χ2v) is 3.94. The zero-order chi connectivity index (χ0) is 9.68. The van der Waals surface area contributed by atoms with Crippen molar-refractivity contribution in [2.75, 3.05) is 7.11 Å². The van der Waals surface area contributed by atoms with Gasteiger partial charge >= 0.3 is 0 Å². The maximum Gasteiger partial charge on any atom is 0.136 e. The Morgan fingerprint density at radius 1 is 1.46 bits per heavy atom. The molecule has 0 bridgehead atoms. The van der Waals surface area contributed by atoms with E-state index in [4.69, 9.17) is 4.74 Å². The summed E-state index contributed by atoms with van der Waals surface area (Å²) in [6, 6.07) is 0. The number of methoxy groups -OCH3 is 1. The number of hydrogen-bond donors (Lipinski definition) is 0. The van der Waals surface area contributed by atoms with Crippen LogP contribution in [0.25, 0.3) is 0 Å². The van der Waals surface area contributed by atoms with E-state index >= 15 is 0 Å². The molecule has 0 aromatic rings. The smallest absolute Gasteiger partial charge is 0.136 e. The lowest BCUT2D eigenvalue weighted by Gasteiger charge is -2.27. The fraction of sp³-hybridized carbons (Fsp3) is 0.909. The summed E-state index contributed by atoms with van der Waals surface area (Å²) < 4.78 is 5.30. The van der Waals surface area contributed by atoms with Gasteiger partial charge in [0, 0.05) is 19.4 Å². The second-order valence-electron chi connectivity index (χ2n) is 3.94. The van der Waals surface area contributed by atoms with Crippen LogP contribution in [0.5, 0.6) is 0 Å². The Morgan fingerprint density at radius 3 is 2.85 bits per heavy atom. The lowest BCUT2D eigenvalue weighted by Crippen LogP contribution is -2.26. The van der Waals surface area contributed by atoms with Crippen LogP contribution in [0.1, 0.15) is 45.4 Å². The van der Waals surface area contributed by atoms with Gasteiger partial charge in [-0.3, -0.25) is 4.79 Å². The molecule has 1 saturated carbocycles. The molecule has 0 saturated heterocycles. The van der Waals surface area contributed by atoms with Gasteiger partial charge in [0.2, 0.25) is 0 Å². The Bertz CT molecular complexity index is 165. The minimum Gasteiger partial charge on any atom is -0.381 e. The summed E-state index contributed by atoms with van der Waals surface area (Å²) in [7, 11) is 1.75. The van der Waals surface area contributed by atoms with Gasteiger partial charge in [-0.2, -0.15) is 0 Å². The van der Waals surface area contributed by atoms with Crippen LogP contribution in [0.2, 0.25) is 0 Å². The number of ether oxygens (including phenoxy) is 1. The third kappa shape index (κ3) is 3.11. The largest absolute Gasteiger partial charge is 0.381 e. The van der Waals surface area contributed by atoms with Crippen molar-refractivity contribution in [3.8, 4) is 0 Å². The van der Waals surface area contributed by atoms with Crippen LogP contribution in [-0.2, 0) is 9.53 Å². The molecule has 13 heavy (non-hydrogen) atoms. The molecule has 0 heterocycles. The van der Waals surface area contributed by atoms with E-state index < -0.39 is 0 Å². The predicted molar refractivity (Wildman–Crippen MR) is 52.7 cm³/mol. The van der Waals surface area contributed by atoms with E-state index in [0.29, 0.717) is 17.8 Å². The van der Waals surface area contributed by atoms with Crippen molar-refractivity contribution in [1.82, 2.24) is 0 Å². The van der Waals surface area contributed by atoms with Crippen molar-refractivity contribution in [2.45, 2.75) is 51.6 Å². The van der Waals surface area contributed by atoms with Crippen molar-refractivity contribution < 1.29 is 9.53 Å². The highest BCUT2D eigenvalue weighted by atomic mass is 16.5. The third-order valence-corrected chi connectivity index (χ3v) is 2.91. The molecule has 0 N–H and O–H groups in total. The second kappa shape index (κ2) is 5.38. The molecular weight excluding hydrogens is 164 g/mol. The normalized spacial score (nSPS) is 28.8. The first-order valence-corrected chi connectivity index (χ1v) is 5.33. The molecule has 2 unspecified atom stereocenters. The molecule has 0 aliphatic heterocycles. The fourth-order valence-electron chi connectivity index (χ4n) is 2.10. The summed E-state index contributed by atoms with van der Waals surface area (Å²) in [5, 5.41) is 0. The van der Waals surface area contributed by atoms with Crippen molar-refractivity contribution in [3.63, 3.8) is 0 Å². The van der Waals surface area contributed by atoms with Crippen LogP contribution in [0.15, 0.2) is 0 Å². The van der Waals surface area contributed by atoms with E-state index in [1.165, 1.54) is 0 Å². The van der Waals surface area contributed by atoms with Crippen LogP contribution in [0.4, 0.5) is 0 Å². The van der Waals surface area contributed by atoms with E-state index in [0.717, 1.165) is 38.5 Å². The van der Waals surface area contributed by atoms with Crippen LogP contribution in [-0.4, -0.2) is 19.0 Å². The number of Topliss-reactive ketones (excluding diaryl/α,β-unsaturated/α-hetero) is 1. The summed E-state index contributed by atoms with van der Waals surface area (Å²) >= 11 is 0. The van der Waals surface area contributed by atoms with Crippen LogP contribution >= 0.6 is 0 Å². The van der Waals surface area contributed by atoms with Gasteiger partial charge in [0.1, 0.15) is 5.78 Å². The standard InChI is InChI=1S/C11H20O2/c1-3-5-11(12)9-6-4-7-10(8-9)13-2/h9-10H,3-8H2,1-2H3. The average molecular weight is 184 g/mol. The monoisotopic (exact) mass is 184 g/mol. The molecule has 1 aliphatic carbocycles. The first-order chi connectivity index (χ1) is 6.27. The van der Waals surface area contributed by atoms with Gasteiger partial charge in [-0.1, -0.05) is 13.3 Å². The molecule has 0 aromatic heterocycles. The zero-order valence-corrected chi connectivity index (χ0v) is 8.71. The van der Waals surface area contributed by atoms with E-state index in [1.54, 1.807) is 7.11 Å². The molecule has 76 valence electrons. The highest BCUT2D eigenvalue weighted by Crippen LogP contribution is 2.27. The first kappa shape index (κ1) is 10.7. The minimum absolute atomic E-state index is 0.290. The minimum atomic E-state index is 0.290. The summed E-state index contributed by atoms with van der Waals surface area (Å²) in [5.74, 6) is 0.739. The molecule has 2 nitrogen and oxygen atoms in total. The molecule has 0 spiro atoms. The van der Waals surface area contributed by atoms with Gasteiger partial charge in [-0.15, -0.1) is 0 Å². The lowest BCUT2D eigenvalue weighted by atomic mass is 9.83. The zero-order valence-electron chi connectivity index (χ0n) is 8.71. The van der Waals surface area contributed by atoms with E-state index in [-0.39, 0.29) is 0 Å². The van der Waals surface area contributed by atoms with E-state index in [9.17, 15) is 4.79 Å². The number of hydrogen-bond acceptors (Lipinski definition) is 2. The highest BCUT2D eigenvalue weighted by molar-refractivity contribution is 5.81. The van der Waals surface area contributed by atoms with Crippen LogP contribution in [0, 0.1) is 5.92 Å². The summed E-state index contributed by atoms with van der Waals surface area (Å²) in [4.78, 5) is 11.6. The summed E-state index contributed by atoms with van der Waals surface area (Å²) in [6.07, 6.45) is 6.38. The van der Waals surface area contributed by atoms with Crippen LogP contribution < -0.4 is 0 Å². The highest BCUT2D eigenvalue weighted by Gasteiger charge is 2.26. The maximum atomic E-state index is 11.6. The molecular formula is C11H20O2. The Labute approximate surface area is 80.7 Å². The number of carbonyl (C=O) groups excluding carboxylic acids is 1. The predicted octanol–water partition coefficient (Wildman–Crippen LogP) is 2.56. The van der Waals surface area contributed by atoms with Gasteiger partial charge in [-0.25, -0.2) is 0 Å². The molecule has 1 aliphatic rings. The van der Waals surface area contributed by atoms with Gasteiger partial charge in [-0.05, 0) is 25.7 Å². The van der Waals surface area contributed by atoms with E-state index in [2.05, 4.69) is 6.92 Å². The first-order valence-electron chi connectivity index (χ1n) is 5.33. The molecule has 2 atom stereocenters. The van der Waals surface area contributed by atoms with Gasteiger partial charge in [0.05, 0.1) is 6.10 Å². The Morgan fingerprint density at radius 2 is 2.23 bits per heavy atom. The summed E-state index contributed by atoms with van der Waals surface area (Å²) in [5.41, 5.74) is 0. The number of rotatable bonds is 4. The average Bonchev–Trinajstić information content (AvgIpc) is 2.18. The summed E-state index contributed by atoms with van der Waals surface area (Å²) in [6.45, 7) is 2.06. The van der Waals surface area contributed by atoms with Gasteiger partial charge in [0.15, 0.2) is 0 Å². The number of carbonyl (C=O) groups is 1. The van der Waals surface area contributed by atoms with Gasteiger partial charge in [0.25, 0.3) is 0 Å².